The fourth-order valence-electron chi connectivity index (χ4n) is 8.35. The van der Waals surface area contributed by atoms with E-state index in [0.29, 0.717) is 0 Å². The number of para-hydroxylation sites is 4. The summed E-state index contributed by atoms with van der Waals surface area (Å²) in [6.07, 6.45) is 0. The fraction of sp³-hybridized carbons (Fsp3) is 0.0244. The van der Waals surface area contributed by atoms with Crippen LogP contribution in [0, 0.1) is 0 Å². The Labute approximate surface area is 259 Å². The van der Waals surface area contributed by atoms with Crippen LogP contribution in [0.3, 0.4) is 0 Å². The van der Waals surface area contributed by atoms with Crippen molar-refractivity contribution >= 4 is 62.3 Å². The van der Waals surface area contributed by atoms with Gasteiger partial charge >= 0.3 is 0 Å². The van der Waals surface area contributed by atoms with Gasteiger partial charge in [0.2, 0.25) is 0 Å². The molecule has 0 saturated carbocycles. The van der Waals surface area contributed by atoms with Gasteiger partial charge < -0.3 is 14.5 Å². The van der Waals surface area contributed by atoms with Crippen LogP contribution < -0.4 is 21.0 Å². The molecule has 0 amide bonds. The van der Waals surface area contributed by atoms with E-state index in [0.717, 1.165) is 63.2 Å². The first-order valence-electron chi connectivity index (χ1n) is 15.6. The summed E-state index contributed by atoms with van der Waals surface area (Å²) in [4.78, 5) is 0. The molecule has 0 fully saturated rings. The number of fused-ring (bicyclic) bond motifs is 12. The van der Waals surface area contributed by atoms with E-state index >= 15 is 0 Å². The zero-order chi connectivity index (χ0) is 29.2. The maximum absolute atomic E-state index is 6.81. The van der Waals surface area contributed by atoms with Crippen molar-refractivity contribution in [3.05, 3.63) is 144 Å². The lowest BCUT2D eigenvalue weighted by Gasteiger charge is -2.30. The number of hydrogen-bond acceptors (Lipinski definition) is 3. The Morgan fingerprint density at radius 2 is 1.38 bits per heavy atom. The first-order chi connectivity index (χ1) is 22.3. The third kappa shape index (κ3) is 3.06. The van der Waals surface area contributed by atoms with E-state index < -0.39 is 0 Å². The number of furan rings is 1. The molecule has 1 N–H and O–H groups in total. The van der Waals surface area contributed by atoms with Crippen LogP contribution in [0.1, 0.15) is 22.6 Å². The molecule has 1 aromatic heterocycles. The highest BCUT2D eigenvalue weighted by molar-refractivity contribution is 6.71. The molecule has 2 aliphatic heterocycles. The average Bonchev–Trinajstić information content (AvgIpc) is 3.63. The summed E-state index contributed by atoms with van der Waals surface area (Å²) < 4.78 is 13.3. The van der Waals surface area contributed by atoms with E-state index in [2.05, 4.69) is 108 Å². The standard InChI is InChI=1S/C41H24BNO2/c1-2-10-23-22(9-1)19-20-26-25-12-7-14-30-36(25)37(35(23)26)29-21-28-24-11-3-5-16-32(24)45-41(28)38(39(29)42-30)27-13-8-18-34-40(27)43-31-15-4-6-17-33(31)44-34/h1-21,37,42-43H. The fourth-order valence-corrected chi connectivity index (χ4v) is 8.35. The van der Waals surface area contributed by atoms with Crippen LogP contribution in [0.5, 0.6) is 11.5 Å². The number of nitrogens with one attached hydrogen (secondary N) is 1. The highest BCUT2D eigenvalue weighted by Crippen LogP contribution is 2.53. The summed E-state index contributed by atoms with van der Waals surface area (Å²) >= 11 is 0. The molecule has 45 heavy (non-hydrogen) atoms. The second-order valence-electron chi connectivity index (χ2n) is 12.4. The number of benzene rings is 7. The van der Waals surface area contributed by atoms with Crippen molar-refractivity contribution in [1.29, 1.82) is 0 Å². The number of rotatable bonds is 1. The second-order valence-corrected chi connectivity index (χ2v) is 12.4. The van der Waals surface area contributed by atoms with Crippen molar-refractivity contribution in [2.24, 2.45) is 0 Å². The van der Waals surface area contributed by atoms with Crippen LogP contribution in [0.25, 0.3) is 55.0 Å². The Kier molecular flexibility index (Phi) is 4.45. The van der Waals surface area contributed by atoms with Crippen LogP contribution in [-0.2, 0) is 0 Å². The van der Waals surface area contributed by atoms with Gasteiger partial charge in [-0.1, -0.05) is 108 Å². The van der Waals surface area contributed by atoms with E-state index in [1.54, 1.807) is 0 Å². The van der Waals surface area contributed by atoms with Gasteiger partial charge in [-0.3, -0.25) is 0 Å². The van der Waals surface area contributed by atoms with Gasteiger partial charge in [-0.25, -0.2) is 0 Å². The molecule has 3 nitrogen and oxygen atoms in total. The number of ether oxygens (including phenoxy) is 1. The predicted octanol–water partition coefficient (Wildman–Crippen LogP) is 9.12. The van der Waals surface area contributed by atoms with Crippen LogP contribution in [0.15, 0.2) is 132 Å². The normalized spacial score (nSPS) is 15.0. The van der Waals surface area contributed by atoms with Crippen molar-refractivity contribution in [3.8, 4) is 33.8 Å². The third-order valence-corrected chi connectivity index (χ3v) is 10.2. The molecule has 0 bridgehead atoms. The van der Waals surface area contributed by atoms with E-state index in [4.69, 9.17) is 9.15 Å². The van der Waals surface area contributed by atoms with Gasteiger partial charge in [-0.15, -0.1) is 0 Å². The van der Waals surface area contributed by atoms with Crippen LogP contribution >= 0.6 is 0 Å². The summed E-state index contributed by atoms with van der Waals surface area (Å²) in [5.74, 6) is 1.80. The molecule has 7 aromatic carbocycles. The van der Waals surface area contributed by atoms with Crippen molar-refractivity contribution in [1.82, 2.24) is 0 Å². The van der Waals surface area contributed by atoms with Gasteiger partial charge in [0.05, 0.1) is 11.4 Å². The smallest absolute Gasteiger partial charge is 0.194 e. The Morgan fingerprint density at radius 3 is 2.36 bits per heavy atom. The zero-order valence-electron chi connectivity index (χ0n) is 24.2. The topological polar surface area (TPSA) is 34.4 Å². The highest BCUT2D eigenvalue weighted by atomic mass is 16.5. The summed E-state index contributed by atoms with van der Waals surface area (Å²) in [6, 6.07) is 45.7. The lowest BCUT2D eigenvalue weighted by atomic mass is 9.52. The van der Waals surface area contributed by atoms with Crippen LogP contribution in [0.4, 0.5) is 11.4 Å². The molecule has 0 spiro atoms. The molecule has 1 atom stereocenters. The molecular weight excluding hydrogens is 549 g/mol. The lowest BCUT2D eigenvalue weighted by Crippen LogP contribution is -2.40. The molecule has 0 saturated heterocycles. The van der Waals surface area contributed by atoms with Crippen LogP contribution in [0.2, 0.25) is 0 Å². The Bertz CT molecular complexity index is 2600. The second kappa shape index (κ2) is 8.46. The average molecular weight is 573 g/mol. The van der Waals surface area contributed by atoms with Crippen molar-refractivity contribution in [3.63, 3.8) is 0 Å². The highest BCUT2D eigenvalue weighted by Gasteiger charge is 2.40. The number of hydrogen-bond donors (Lipinski definition) is 1. The minimum atomic E-state index is 0.141. The third-order valence-electron chi connectivity index (χ3n) is 10.2. The Hall–Kier alpha value is -5.74. The van der Waals surface area contributed by atoms with Gasteiger partial charge in [0.15, 0.2) is 18.8 Å². The maximum atomic E-state index is 6.81. The molecule has 1 unspecified atom stereocenters. The zero-order valence-corrected chi connectivity index (χ0v) is 24.2. The van der Waals surface area contributed by atoms with Gasteiger partial charge in [-0.05, 0) is 68.9 Å². The predicted molar refractivity (Wildman–Crippen MR) is 186 cm³/mol. The minimum absolute atomic E-state index is 0.141. The van der Waals surface area contributed by atoms with E-state index in [1.165, 1.54) is 49.5 Å². The monoisotopic (exact) mass is 573 g/mol. The quantitative estimate of drug-likeness (QED) is 0.199. The molecule has 8 aromatic rings. The molecule has 208 valence electrons. The molecule has 3 aliphatic rings. The minimum Gasteiger partial charge on any atom is -0.455 e. The van der Waals surface area contributed by atoms with Crippen molar-refractivity contribution in [2.45, 2.75) is 5.92 Å². The summed E-state index contributed by atoms with van der Waals surface area (Å²) in [6.45, 7) is 0. The van der Waals surface area contributed by atoms with E-state index in [1.807, 2.05) is 24.3 Å². The van der Waals surface area contributed by atoms with Gasteiger partial charge in [0.25, 0.3) is 0 Å². The maximum Gasteiger partial charge on any atom is 0.194 e. The van der Waals surface area contributed by atoms with Gasteiger partial charge in [0, 0.05) is 27.8 Å². The number of anilines is 2. The molecule has 11 rings (SSSR count). The van der Waals surface area contributed by atoms with Crippen LogP contribution in [-0.4, -0.2) is 7.28 Å². The SMILES string of the molecule is B1c2cccc3c2C(c2cc4c(oc5ccccc54)c(-c4cccc5c4Nc4ccccc4O5)c21)c1c-3ccc2ccccc12. The lowest BCUT2D eigenvalue weighted by molar-refractivity contribution is 0.481. The molecule has 3 heterocycles. The molecule has 4 heteroatoms. The van der Waals surface area contributed by atoms with Crippen molar-refractivity contribution < 1.29 is 9.15 Å². The largest absolute Gasteiger partial charge is 0.455 e. The summed E-state index contributed by atoms with van der Waals surface area (Å²) in [5.41, 5.74) is 15.7. The Balaban J connectivity index is 1.28. The molecular formula is C41H24BNO2. The van der Waals surface area contributed by atoms with Crippen molar-refractivity contribution in [2.75, 3.05) is 5.32 Å². The van der Waals surface area contributed by atoms with E-state index in [-0.39, 0.29) is 5.92 Å². The van der Waals surface area contributed by atoms with Gasteiger partial charge in [-0.2, -0.15) is 0 Å². The molecule has 0 radical (unpaired) electrons. The summed E-state index contributed by atoms with van der Waals surface area (Å²) in [7, 11) is 0.838. The van der Waals surface area contributed by atoms with E-state index in [9.17, 15) is 0 Å². The van der Waals surface area contributed by atoms with Gasteiger partial charge in [0.1, 0.15) is 11.2 Å². The first kappa shape index (κ1) is 23.7. The first-order valence-corrected chi connectivity index (χ1v) is 15.6. The molecule has 1 aliphatic carbocycles. The Morgan fingerprint density at radius 1 is 0.600 bits per heavy atom. The summed E-state index contributed by atoms with van der Waals surface area (Å²) in [5, 5.41) is 8.65.